The van der Waals surface area contributed by atoms with Crippen LogP contribution in [0.4, 0.5) is 28.4 Å². The maximum atomic E-state index is 2.78. The topological polar surface area (TPSA) is 6.48 Å². The zero-order valence-corrected chi connectivity index (χ0v) is 37.6. The van der Waals surface area contributed by atoms with Crippen molar-refractivity contribution in [3.8, 4) is 22.3 Å². The Morgan fingerprint density at radius 2 is 0.754 bits per heavy atom. The Kier molecular flexibility index (Phi) is 7.86. The molecular weight excluding hydrogens is 816 g/mol. The molecule has 4 heterocycles. The van der Waals surface area contributed by atoms with Crippen molar-refractivity contribution in [2.45, 2.75) is 0 Å². The Hall–Kier alpha value is -7.70. The number of hydrogen-bond donors (Lipinski definition) is 0. The Bertz CT molecular complexity index is 3430. The van der Waals surface area contributed by atoms with Gasteiger partial charge in [-0.2, -0.15) is 0 Å². The zero-order chi connectivity index (χ0) is 42.7. The average Bonchev–Trinajstić information content (AvgIpc) is 3.39. The fraction of sp³-hybridized carbons (Fsp3) is 0. The molecule has 0 aromatic heterocycles. The molecule has 0 spiro atoms. The molecule has 0 fully saturated rings. The zero-order valence-electron chi connectivity index (χ0n) is 35.6. The largest absolute Gasteiger partial charge is 0.376 e. The molecule has 10 aromatic rings. The normalized spacial score (nSPS) is 14.9. The number of benzene rings is 10. The van der Waals surface area contributed by atoms with Crippen molar-refractivity contribution >= 4 is 104 Å². The highest BCUT2D eigenvalue weighted by atomic mass is 28.3. The van der Waals surface area contributed by atoms with Crippen molar-refractivity contribution in [3.63, 3.8) is 0 Å². The second-order valence-corrected chi connectivity index (χ2v) is 25.3. The van der Waals surface area contributed by atoms with E-state index >= 15 is 0 Å². The van der Waals surface area contributed by atoms with Crippen LogP contribution in [-0.2, 0) is 0 Å². The molecule has 0 aliphatic carbocycles. The minimum absolute atomic E-state index is 0.0899. The molecule has 0 N–H and O–H groups in total. The van der Waals surface area contributed by atoms with Gasteiger partial charge in [0.1, 0.15) is 0 Å². The van der Waals surface area contributed by atoms with E-state index in [1.807, 2.05) is 0 Å². The molecule has 4 aliphatic heterocycles. The lowest BCUT2D eigenvalue weighted by Gasteiger charge is -2.54. The second-order valence-electron chi connectivity index (χ2n) is 17.9. The first-order valence-electron chi connectivity index (χ1n) is 22.8. The summed E-state index contributed by atoms with van der Waals surface area (Å²) in [5.74, 6) is 0. The van der Waals surface area contributed by atoms with Gasteiger partial charge < -0.3 is 9.71 Å². The molecule has 2 nitrogen and oxygen atoms in total. The molecule has 0 bridgehead atoms. The van der Waals surface area contributed by atoms with Crippen molar-refractivity contribution < 1.29 is 0 Å². The molecule has 0 radical (unpaired) electrons. The quantitative estimate of drug-likeness (QED) is 0.166. The molecule has 0 unspecified atom stereocenters. The Morgan fingerprint density at radius 3 is 1.32 bits per heavy atom. The molecule has 14 rings (SSSR count). The van der Waals surface area contributed by atoms with Crippen LogP contribution in [0.25, 0.3) is 22.3 Å². The summed E-state index contributed by atoms with van der Waals surface area (Å²) < 4.78 is 0. The standard InChI is InChI=1S/C60H41BN2Si2/c1-6-22-42(23-7-1)43-40-49-48-32-20-38-56-59(48)63(52-35-17-19-37-55(52)65(56,46-28-12-4-13-29-46)47-30-14-5-15-31-47)61-50-33-21-39-57-60(50)62(53(41-43)58(49)61)51-34-16-18-36-54(51)64(57,44-24-8-2-9-25-44)45-26-10-3-11-27-45/h1-41H. The minimum atomic E-state index is -2.91. The number of para-hydroxylation sites is 4. The summed E-state index contributed by atoms with van der Waals surface area (Å²) in [6.45, 7) is -0.0899. The van der Waals surface area contributed by atoms with Crippen LogP contribution in [0.2, 0.25) is 0 Å². The fourth-order valence-corrected chi connectivity index (χ4v) is 22.9. The monoisotopic (exact) mass is 856 g/mol. The van der Waals surface area contributed by atoms with Gasteiger partial charge in [-0.05, 0) is 93.4 Å². The molecule has 65 heavy (non-hydrogen) atoms. The van der Waals surface area contributed by atoms with Gasteiger partial charge >= 0.3 is 6.85 Å². The lowest BCUT2D eigenvalue weighted by molar-refractivity contribution is 1.28. The smallest absolute Gasteiger partial charge is 0.333 e. The number of anilines is 5. The van der Waals surface area contributed by atoms with Gasteiger partial charge in [-0.25, -0.2) is 0 Å². The summed E-state index contributed by atoms with van der Waals surface area (Å²) in [6, 6.07) is 95.2. The predicted octanol–water partition coefficient (Wildman–Crippen LogP) is 7.44. The van der Waals surface area contributed by atoms with Gasteiger partial charge in [0.2, 0.25) is 0 Å². The lowest BCUT2D eigenvalue weighted by Crippen LogP contribution is -2.80. The van der Waals surface area contributed by atoms with Gasteiger partial charge in [0.25, 0.3) is 0 Å². The summed E-state index contributed by atoms with van der Waals surface area (Å²) in [4.78, 5) is 5.46. The first kappa shape index (κ1) is 36.7. The number of hydrogen-bond acceptors (Lipinski definition) is 2. The van der Waals surface area contributed by atoms with E-state index in [1.165, 1.54) is 103 Å². The van der Waals surface area contributed by atoms with Gasteiger partial charge in [0.15, 0.2) is 16.1 Å². The van der Waals surface area contributed by atoms with Gasteiger partial charge in [0.05, 0.1) is 0 Å². The minimum Gasteiger partial charge on any atom is -0.376 e. The predicted molar refractivity (Wildman–Crippen MR) is 280 cm³/mol. The maximum Gasteiger partial charge on any atom is 0.333 e. The van der Waals surface area contributed by atoms with E-state index in [2.05, 4.69) is 258 Å². The molecule has 4 aliphatic rings. The number of nitrogens with zero attached hydrogens (tertiary/aromatic N) is 2. The van der Waals surface area contributed by atoms with Gasteiger partial charge in [0, 0.05) is 34.0 Å². The summed E-state index contributed by atoms with van der Waals surface area (Å²) in [7, 11) is -5.79. The van der Waals surface area contributed by atoms with Crippen LogP contribution < -0.4 is 62.1 Å². The van der Waals surface area contributed by atoms with Crippen LogP contribution in [0.3, 0.4) is 0 Å². The van der Waals surface area contributed by atoms with E-state index in [1.54, 1.807) is 0 Å². The van der Waals surface area contributed by atoms with Gasteiger partial charge in [-0.1, -0.05) is 224 Å². The highest BCUT2D eigenvalue weighted by Crippen LogP contribution is 2.49. The molecule has 0 atom stereocenters. The molecule has 0 saturated heterocycles. The SMILES string of the molecule is c1ccc(-c2cc3c4c(c2)N2c5ccccc5[Si](c5ccccc5)(c5ccccc5)c5cccc(c52)B4N2c4ccccc4[Si](c4ccccc4)(c4ccccc4)c4cccc-3c42)cc1. The second kappa shape index (κ2) is 13.9. The van der Waals surface area contributed by atoms with Crippen molar-refractivity contribution in [3.05, 3.63) is 249 Å². The molecule has 5 heteroatoms. The Labute approximate surface area is 382 Å². The van der Waals surface area contributed by atoms with E-state index in [9.17, 15) is 0 Å². The summed E-state index contributed by atoms with van der Waals surface area (Å²) in [5, 5.41) is 11.3. The van der Waals surface area contributed by atoms with Gasteiger partial charge in [-0.15, -0.1) is 0 Å². The lowest BCUT2D eigenvalue weighted by atomic mass is 9.43. The molecule has 0 saturated carbocycles. The third-order valence-corrected chi connectivity index (χ3v) is 24.6. The van der Waals surface area contributed by atoms with Crippen LogP contribution in [-0.4, -0.2) is 23.0 Å². The number of fused-ring (bicyclic) bond motifs is 8. The summed E-state index contributed by atoms with van der Waals surface area (Å²) >= 11 is 0. The van der Waals surface area contributed by atoms with Crippen molar-refractivity contribution in [1.29, 1.82) is 0 Å². The highest BCUT2D eigenvalue weighted by molar-refractivity contribution is 7.23. The fourth-order valence-electron chi connectivity index (χ4n) is 12.6. The molecular formula is C60H41BN2Si2. The van der Waals surface area contributed by atoms with Crippen molar-refractivity contribution in [1.82, 2.24) is 0 Å². The summed E-state index contributed by atoms with van der Waals surface area (Å²) in [6.07, 6.45) is 0. The van der Waals surface area contributed by atoms with E-state index in [-0.39, 0.29) is 6.85 Å². The first-order chi connectivity index (χ1) is 32.3. The third kappa shape index (κ3) is 4.78. The average molecular weight is 857 g/mol. The van der Waals surface area contributed by atoms with E-state index in [0.29, 0.717) is 0 Å². The van der Waals surface area contributed by atoms with Gasteiger partial charge in [-0.3, -0.25) is 0 Å². The Morgan fingerprint density at radius 1 is 0.308 bits per heavy atom. The molecule has 10 aromatic carbocycles. The highest BCUT2D eigenvalue weighted by Gasteiger charge is 2.57. The first-order valence-corrected chi connectivity index (χ1v) is 26.8. The van der Waals surface area contributed by atoms with E-state index in [4.69, 9.17) is 0 Å². The van der Waals surface area contributed by atoms with Crippen LogP contribution in [0.1, 0.15) is 0 Å². The molecule has 0 amide bonds. The van der Waals surface area contributed by atoms with Crippen LogP contribution >= 0.6 is 0 Å². The summed E-state index contributed by atoms with van der Waals surface area (Å²) in [5.41, 5.74) is 14.3. The van der Waals surface area contributed by atoms with Crippen LogP contribution in [0.5, 0.6) is 0 Å². The Balaban J connectivity index is 1.17. The van der Waals surface area contributed by atoms with Crippen LogP contribution in [0.15, 0.2) is 249 Å². The van der Waals surface area contributed by atoms with Crippen molar-refractivity contribution in [2.24, 2.45) is 0 Å². The number of rotatable bonds is 5. The third-order valence-electron chi connectivity index (χ3n) is 14.9. The van der Waals surface area contributed by atoms with E-state index < -0.39 is 16.1 Å². The molecule has 302 valence electrons. The van der Waals surface area contributed by atoms with Crippen LogP contribution in [0, 0.1) is 0 Å². The van der Waals surface area contributed by atoms with Crippen molar-refractivity contribution in [2.75, 3.05) is 9.71 Å². The maximum absolute atomic E-state index is 2.91. The van der Waals surface area contributed by atoms with E-state index in [0.717, 1.165) is 0 Å².